The van der Waals surface area contributed by atoms with Gasteiger partial charge < -0.3 is 10.1 Å². The van der Waals surface area contributed by atoms with E-state index in [0.29, 0.717) is 6.42 Å². The second kappa shape index (κ2) is 5.64. The number of nitrogens with zero attached hydrogens (tertiary/aromatic N) is 1. The zero-order chi connectivity index (χ0) is 11.2. The fraction of sp³-hybridized carbons (Fsp3) is 0.462. The number of fused-ring (bicyclic) bond motifs is 1. The molecule has 0 amide bonds. The van der Waals surface area contributed by atoms with Crippen LogP contribution in [0.3, 0.4) is 0 Å². The maximum Gasteiger partial charge on any atom is 0.0952 e. The second-order valence-electron chi connectivity index (χ2n) is 3.92. The molecule has 0 radical (unpaired) electrons. The molecule has 0 aromatic heterocycles. The minimum absolute atomic E-state index is 0.142. The number of ether oxygens (including phenoxy) is 1. The third kappa shape index (κ3) is 2.60. The lowest BCUT2D eigenvalue weighted by Gasteiger charge is -2.26. The molecule has 3 heteroatoms. The Morgan fingerprint density at radius 1 is 1.44 bits per heavy atom. The average Bonchev–Trinajstić information content (AvgIpc) is 2.35. The topological polar surface area (TPSA) is 45.0 Å². The third-order valence-electron chi connectivity index (χ3n) is 2.84. The van der Waals surface area contributed by atoms with E-state index in [0.717, 1.165) is 26.1 Å². The van der Waals surface area contributed by atoms with Crippen molar-refractivity contribution in [2.45, 2.75) is 18.9 Å². The van der Waals surface area contributed by atoms with Crippen molar-refractivity contribution in [3.8, 4) is 6.07 Å². The van der Waals surface area contributed by atoms with Crippen LogP contribution in [0.15, 0.2) is 24.3 Å². The lowest BCUT2D eigenvalue weighted by Crippen LogP contribution is -2.28. The number of rotatable bonds is 4. The molecule has 1 heterocycles. The van der Waals surface area contributed by atoms with Gasteiger partial charge in [-0.15, -0.1) is 0 Å². The molecule has 2 rings (SSSR count). The van der Waals surface area contributed by atoms with Gasteiger partial charge in [0.15, 0.2) is 0 Å². The van der Waals surface area contributed by atoms with Gasteiger partial charge in [0.1, 0.15) is 0 Å². The summed E-state index contributed by atoms with van der Waals surface area (Å²) in [6, 6.07) is 10.5. The first-order valence-electron chi connectivity index (χ1n) is 5.69. The Bertz CT molecular complexity index is 384. The van der Waals surface area contributed by atoms with E-state index in [4.69, 9.17) is 10.00 Å². The van der Waals surface area contributed by atoms with Crippen molar-refractivity contribution in [3.05, 3.63) is 35.4 Å². The number of hydrogen-bond acceptors (Lipinski definition) is 3. The second-order valence-corrected chi connectivity index (χ2v) is 3.92. The molecule has 0 saturated carbocycles. The zero-order valence-corrected chi connectivity index (χ0v) is 9.28. The highest BCUT2D eigenvalue weighted by Crippen LogP contribution is 2.25. The predicted octanol–water partition coefficient (Wildman–Crippen LogP) is 1.80. The summed E-state index contributed by atoms with van der Waals surface area (Å²) in [7, 11) is 0. The molecule has 0 bridgehead atoms. The van der Waals surface area contributed by atoms with Gasteiger partial charge in [-0.2, -0.15) is 5.26 Å². The molecule has 0 aliphatic carbocycles. The Hall–Kier alpha value is -1.37. The van der Waals surface area contributed by atoms with E-state index >= 15 is 0 Å². The smallest absolute Gasteiger partial charge is 0.0952 e. The van der Waals surface area contributed by atoms with Crippen LogP contribution >= 0.6 is 0 Å². The Morgan fingerprint density at radius 3 is 3.19 bits per heavy atom. The van der Waals surface area contributed by atoms with Crippen LogP contribution in [0.25, 0.3) is 0 Å². The van der Waals surface area contributed by atoms with Gasteiger partial charge in [-0.1, -0.05) is 24.3 Å². The van der Waals surface area contributed by atoms with Gasteiger partial charge >= 0.3 is 0 Å². The first-order valence-corrected chi connectivity index (χ1v) is 5.69. The summed E-state index contributed by atoms with van der Waals surface area (Å²) in [5, 5.41) is 11.7. The number of benzene rings is 1. The Morgan fingerprint density at radius 2 is 2.31 bits per heavy atom. The minimum atomic E-state index is 0.142. The zero-order valence-electron chi connectivity index (χ0n) is 9.28. The third-order valence-corrected chi connectivity index (χ3v) is 2.84. The summed E-state index contributed by atoms with van der Waals surface area (Å²) >= 11 is 0. The Labute approximate surface area is 96.0 Å². The lowest BCUT2D eigenvalue weighted by atomic mass is 9.97. The van der Waals surface area contributed by atoms with Crippen LogP contribution in [0.2, 0.25) is 0 Å². The van der Waals surface area contributed by atoms with Crippen molar-refractivity contribution >= 4 is 0 Å². The van der Waals surface area contributed by atoms with Gasteiger partial charge in [0.05, 0.1) is 18.8 Å². The molecule has 0 fully saturated rings. The molecule has 1 N–H and O–H groups in total. The van der Waals surface area contributed by atoms with E-state index in [9.17, 15) is 0 Å². The monoisotopic (exact) mass is 216 g/mol. The molecule has 1 atom stereocenters. The lowest BCUT2D eigenvalue weighted by molar-refractivity contribution is 0.0428. The first kappa shape index (κ1) is 11.1. The fourth-order valence-electron chi connectivity index (χ4n) is 2.02. The number of nitriles is 1. The van der Waals surface area contributed by atoms with Gasteiger partial charge in [-0.05, 0) is 17.5 Å². The van der Waals surface area contributed by atoms with Crippen molar-refractivity contribution in [1.82, 2.24) is 5.32 Å². The van der Waals surface area contributed by atoms with Crippen LogP contribution in [0.5, 0.6) is 0 Å². The van der Waals surface area contributed by atoms with E-state index in [1.54, 1.807) is 0 Å². The van der Waals surface area contributed by atoms with Gasteiger partial charge in [0, 0.05) is 19.5 Å². The van der Waals surface area contributed by atoms with E-state index < -0.39 is 0 Å². The van der Waals surface area contributed by atoms with Crippen molar-refractivity contribution in [1.29, 1.82) is 5.26 Å². The molecule has 16 heavy (non-hydrogen) atoms. The molecular formula is C13H16N2O. The molecule has 1 aromatic carbocycles. The van der Waals surface area contributed by atoms with E-state index in [2.05, 4.69) is 35.7 Å². The summed E-state index contributed by atoms with van der Waals surface area (Å²) in [6.07, 6.45) is 1.70. The summed E-state index contributed by atoms with van der Waals surface area (Å²) in [5.74, 6) is 0. The summed E-state index contributed by atoms with van der Waals surface area (Å²) in [5.41, 5.74) is 2.68. The summed E-state index contributed by atoms with van der Waals surface area (Å²) in [4.78, 5) is 0. The predicted molar refractivity (Wildman–Crippen MR) is 61.9 cm³/mol. The van der Waals surface area contributed by atoms with Crippen LogP contribution in [0.1, 0.15) is 23.7 Å². The quantitative estimate of drug-likeness (QED) is 0.781. The standard InChI is InChI=1S/C13H16N2O/c14-7-3-8-15-10-13-12-5-2-1-4-11(12)6-9-16-13/h1-2,4-5,13,15H,3,6,8-10H2/t13-/m1/s1. The molecule has 0 unspecified atom stereocenters. The highest BCUT2D eigenvalue weighted by atomic mass is 16.5. The van der Waals surface area contributed by atoms with Gasteiger partial charge in [-0.3, -0.25) is 0 Å². The molecule has 3 nitrogen and oxygen atoms in total. The van der Waals surface area contributed by atoms with Crippen LogP contribution < -0.4 is 5.32 Å². The van der Waals surface area contributed by atoms with Gasteiger partial charge in [0.2, 0.25) is 0 Å². The van der Waals surface area contributed by atoms with Crippen LogP contribution in [-0.4, -0.2) is 19.7 Å². The van der Waals surface area contributed by atoms with Crippen molar-refractivity contribution < 1.29 is 4.74 Å². The highest BCUT2D eigenvalue weighted by molar-refractivity contribution is 5.31. The molecular weight excluding hydrogens is 200 g/mol. The molecule has 1 aliphatic heterocycles. The largest absolute Gasteiger partial charge is 0.372 e. The summed E-state index contributed by atoms with van der Waals surface area (Å²) in [6.45, 7) is 2.32. The molecule has 84 valence electrons. The van der Waals surface area contributed by atoms with E-state index in [1.165, 1.54) is 11.1 Å². The van der Waals surface area contributed by atoms with Gasteiger partial charge in [-0.25, -0.2) is 0 Å². The number of nitrogens with one attached hydrogen (secondary N) is 1. The summed E-state index contributed by atoms with van der Waals surface area (Å²) < 4.78 is 5.74. The van der Waals surface area contributed by atoms with Crippen molar-refractivity contribution in [2.75, 3.05) is 19.7 Å². The first-order chi connectivity index (χ1) is 7.92. The molecule has 1 aromatic rings. The highest BCUT2D eigenvalue weighted by Gasteiger charge is 2.19. The molecule has 0 spiro atoms. The SMILES string of the molecule is N#CCCNC[C@H]1OCCc2ccccc21. The van der Waals surface area contributed by atoms with Crippen LogP contribution in [0.4, 0.5) is 0 Å². The Kier molecular flexibility index (Phi) is 3.92. The molecule has 1 aliphatic rings. The normalized spacial score (nSPS) is 18.8. The van der Waals surface area contributed by atoms with Crippen molar-refractivity contribution in [3.63, 3.8) is 0 Å². The van der Waals surface area contributed by atoms with Crippen LogP contribution in [-0.2, 0) is 11.2 Å². The van der Waals surface area contributed by atoms with Crippen molar-refractivity contribution in [2.24, 2.45) is 0 Å². The van der Waals surface area contributed by atoms with Crippen LogP contribution in [0, 0.1) is 11.3 Å². The number of hydrogen-bond donors (Lipinski definition) is 1. The van der Waals surface area contributed by atoms with E-state index in [1.807, 2.05) is 0 Å². The Balaban J connectivity index is 1.94. The maximum atomic E-state index is 8.44. The van der Waals surface area contributed by atoms with Gasteiger partial charge in [0.25, 0.3) is 0 Å². The molecule has 0 saturated heterocycles. The maximum absolute atomic E-state index is 8.44. The minimum Gasteiger partial charge on any atom is -0.372 e. The fourth-order valence-corrected chi connectivity index (χ4v) is 2.02. The average molecular weight is 216 g/mol. The van der Waals surface area contributed by atoms with E-state index in [-0.39, 0.29) is 6.10 Å².